The van der Waals surface area contributed by atoms with Crippen LogP contribution in [0.5, 0.6) is 5.75 Å². The first-order valence-corrected chi connectivity index (χ1v) is 13.4. The third kappa shape index (κ3) is 6.75. The summed E-state index contributed by atoms with van der Waals surface area (Å²) in [5, 5.41) is 18.0. The van der Waals surface area contributed by atoms with Crippen LogP contribution in [0.4, 0.5) is 14.5 Å². The number of carbonyl (C=O) groups is 3. The Morgan fingerprint density at radius 2 is 1.98 bits per heavy atom. The SMILES string of the molecule is O=C(O)CCN1CCN(C(=O)Cn2cc(NC(=O)C3=C4N=CC=CN4NC3)c(-c3cc(Cl)ccc3OC(F)F)n2)CC1. The molecule has 1 fully saturated rings. The second-order valence-corrected chi connectivity index (χ2v) is 9.99. The lowest BCUT2D eigenvalue weighted by molar-refractivity contribution is -0.138. The minimum Gasteiger partial charge on any atom is -0.481 e. The number of carboxylic acids is 1. The minimum atomic E-state index is -3.12. The molecular weight excluding hydrogens is 578 g/mol. The number of nitrogens with zero attached hydrogens (tertiary/aromatic N) is 6. The van der Waals surface area contributed by atoms with E-state index in [1.54, 1.807) is 28.4 Å². The number of aliphatic carboxylic acids is 1. The van der Waals surface area contributed by atoms with Gasteiger partial charge in [0.2, 0.25) is 5.91 Å². The number of aliphatic imine (C=N–C) groups is 1. The topological polar surface area (TPSA) is 145 Å². The molecule has 1 aromatic carbocycles. The molecule has 3 aliphatic rings. The standard InChI is InChI=1S/C26H27ClF2N8O5/c27-16-2-3-20(42-26(28)29)17(12-16)23-19(32-25(41)18-13-31-37-6-1-5-30-24(18)37)14-36(33-23)15-21(38)35-10-8-34(9-11-35)7-4-22(39)40/h1-3,5-6,12,14,26,31H,4,7-11,13,15H2,(H,32,41)(H,39,40). The number of carboxylic acid groups (broad SMARTS) is 1. The van der Waals surface area contributed by atoms with Crippen LogP contribution in [-0.2, 0) is 20.9 Å². The Morgan fingerprint density at radius 3 is 2.71 bits per heavy atom. The molecule has 0 bridgehead atoms. The maximum Gasteiger partial charge on any atom is 0.387 e. The lowest BCUT2D eigenvalue weighted by atomic mass is 10.1. The number of hydrogen-bond donors (Lipinski definition) is 3. The summed E-state index contributed by atoms with van der Waals surface area (Å²) in [5.41, 5.74) is 3.67. The van der Waals surface area contributed by atoms with Crippen molar-refractivity contribution in [3.8, 4) is 17.0 Å². The quantitative estimate of drug-likeness (QED) is 0.371. The van der Waals surface area contributed by atoms with Crippen molar-refractivity contribution in [2.24, 2.45) is 4.99 Å². The average molecular weight is 605 g/mol. The Bertz CT molecular complexity index is 1470. The third-order valence-electron chi connectivity index (χ3n) is 6.80. The van der Waals surface area contributed by atoms with E-state index in [2.05, 4.69) is 20.8 Å². The van der Waals surface area contributed by atoms with E-state index in [0.717, 1.165) is 0 Å². The molecule has 4 heterocycles. The summed E-state index contributed by atoms with van der Waals surface area (Å²) in [5.74, 6) is -1.44. The number of alkyl halides is 2. The smallest absolute Gasteiger partial charge is 0.387 e. The zero-order chi connectivity index (χ0) is 29.8. The van der Waals surface area contributed by atoms with Crippen LogP contribution in [0, 0.1) is 0 Å². The highest BCUT2D eigenvalue weighted by atomic mass is 35.5. The van der Waals surface area contributed by atoms with Gasteiger partial charge in [-0.25, -0.2) is 10.4 Å². The van der Waals surface area contributed by atoms with E-state index in [1.165, 1.54) is 29.1 Å². The van der Waals surface area contributed by atoms with Gasteiger partial charge < -0.3 is 20.1 Å². The first kappa shape index (κ1) is 29.2. The van der Waals surface area contributed by atoms with E-state index in [-0.39, 0.29) is 53.1 Å². The van der Waals surface area contributed by atoms with Crippen molar-refractivity contribution < 1.29 is 33.0 Å². The molecule has 1 aromatic heterocycles. The maximum absolute atomic E-state index is 13.3. The van der Waals surface area contributed by atoms with Gasteiger partial charge in [-0.05, 0) is 24.3 Å². The molecule has 0 radical (unpaired) electrons. The number of hydrogen-bond acceptors (Lipinski definition) is 9. The summed E-state index contributed by atoms with van der Waals surface area (Å²) >= 11 is 6.18. The second kappa shape index (κ2) is 12.7. The molecule has 13 nitrogen and oxygen atoms in total. The monoisotopic (exact) mass is 604 g/mol. The lowest BCUT2D eigenvalue weighted by Crippen LogP contribution is -2.49. The number of allylic oxidation sites excluding steroid dienone is 1. The summed E-state index contributed by atoms with van der Waals surface area (Å²) in [6, 6.07) is 4.05. The summed E-state index contributed by atoms with van der Waals surface area (Å²) in [6.07, 6.45) is 6.43. The average Bonchev–Trinajstić information content (AvgIpc) is 3.57. The molecule has 1 saturated heterocycles. The Kier molecular flexibility index (Phi) is 8.80. The highest BCUT2D eigenvalue weighted by molar-refractivity contribution is 6.31. The molecule has 0 atom stereocenters. The normalized spacial score (nSPS) is 16.8. The predicted octanol–water partition coefficient (Wildman–Crippen LogP) is 1.99. The van der Waals surface area contributed by atoms with Crippen molar-refractivity contribution >= 4 is 41.3 Å². The van der Waals surface area contributed by atoms with Crippen molar-refractivity contribution in [3.05, 3.63) is 53.1 Å². The van der Waals surface area contributed by atoms with Crippen LogP contribution in [0.1, 0.15) is 6.42 Å². The Labute approximate surface area is 243 Å². The first-order valence-electron chi connectivity index (χ1n) is 13.0. The molecule has 3 N–H and O–H groups in total. The molecule has 5 rings (SSSR count). The van der Waals surface area contributed by atoms with E-state index in [1.807, 2.05) is 4.90 Å². The molecule has 0 spiro atoms. The molecule has 0 saturated carbocycles. The van der Waals surface area contributed by atoms with Gasteiger partial charge in [0, 0.05) is 68.5 Å². The zero-order valence-corrected chi connectivity index (χ0v) is 22.9. The minimum absolute atomic E-state index is 0.0226. The Hall–Kier alpha value is -4.34. The van der Waals surface area contributed by atoms with Crippen LogP contribution in [-0.4, -0.2) is 99.6 Å². The molecule has 3 aliphatic heterocycles. The summed E-state index contributed by atoms with van der Waals surface area (Å²) in [7, 11) is 0. The molecular formula is C26H27ClF2N8O5. The van der Waals surface area contributed by atoms with Gasteiger partial charge in [0.1, 0.15) is 18.0 Å². The molecule has 16 heteroatoms. The molecule has 2 amide bonds. The van der Waals surface area contributed by atoms with Gasteiger partial charge in [-0.2, -0.15) is 13.9 Å². The van der Waals surface area contributed by atoms with Crippen LogP contribution < -0.4 is 15.5 Å². The lowest BCUT2D eigenvalue weighted by Gasteiger charge is -2.34. The van der Waals surface area contributed by atoms with Crippen molar-refractivity contribution in [3.63, 3.8) is 0 Å². The van der Waals surface area contributed by atoms with Gasteiger partial charge in [-0.15, -0.1) is 0 Å². The number of fused-ring (bicyclic) bond motifs is 1. The van der Waals surface area contributed by atoms with E-state index in [9.17, 15) is 23.2 Å². The van der Waals surface area contributed by atoms with Gasteiger partial charge in [0.25, 0.3) is 5.91 Å². The van der Waals surface area contributed by atoms with Crippen molar-refractivity contribution in [2.75, 3.05) is 44.6 Å². The Morgan fingerprint density at radius 1 is 1.19 bits per heavy atom. The van der Waals surface area contributed by atoms with E-state index in [4.69, 9.17) is 21.4 Å². The van der Waals surface area contributed by atoms with Crippen LogP contribution in [0.2, 0.25) is 5.02 Å². The second-order valence-electron chi connectivity index (χ2n) is 9.55. The van der Waals surface area contributed by atoms with Crippen LogP contribution in [0.15, 0.2) is 53.1 Å². The maximum atomic E-state index is 13.3. The van der Waals surface area contributed by atoms with Crippen LogP contribution in [0.25, 0.3) is 11.3 Å². The number of hydrazine groups is 1. The van der Waals surface area contributed by atoms with E-state index < -0.39 is 18.5 Å². The van der Waals surface area contributed by atoms with Gasteiger partial charge in [-0.3, -0.25) is 29.0 Å². The summed E-state index contributed by atoms with van der Waals surface area (Å²) < 4.78 is 32.4. The fraction of sp³-hybridized carbons (Fsp3) is 0.346. The number of benzene rings is 1. The van der Waals surface area contributed by atoms with Gasteiger partial charge in [-0.1, -0.05) is 11.6 Å². The van der Waals surface area contributed by atoms with Crippen LogP contribution in [0.3, 0.4) is 0 Å². The first-order chi connectivity index (χ1) is 20.2. The number of anilines is 1. The summed E-state index contributed by atoms with van der Waals surface area (Å²) in [4.78, 5) is 45.2. The molecule has 0 aliphatic carbocycles. The fourth-order valence-corrected chi connectivity index (χ4v) is 4.91. The molecule has 2 aromatic rings. The number of nitrogens with one attached hydrogen (secondary N) is 2. The highest BCUT2D eigenvalue weighted by Crippen LogP contribution is 2.37. The van der Waals surface area contributed by atoms with E-state index >= 15 is 0 Å². The number of rotatable bonds is 10. The molecule has 222 valence electrons. The molecule has 42 heavy (non-hydrogen) atoms. The number of carbonyl (C=O) groups excluding carboxylic acids is 2. The number of ether oxygens (including phenoxy) is 1. The number of halogens is 3. The molecule has 0 unspecified atom stereocenters. The van der Waals surface area contributed by atoms with Gasteiger partial charge in [0.05, 0.1) is 17.7 Å². The van der Waals surface area contributed by atoms with Crippen molar-refractivity contribution in [1.82, 2.24) is 30.0 Å². The van der Waals surface area contributed by atoms with Gasteiger partial charge >= 0.3 is 12.6 Å². The van der Waals surface area contributed by atoms with Gasteiger partial charge in [0.15, 0.2) is 5.82 Å². The number of aromatic nitrogens is 2. The number of piperazine rings is 1. The van der Waals surface area contributed by atoms with Crippen molar-refractivity contribution in [1.29, 1.82) is 0 Å². The van der Waals surface area contributed by atoms with Crippen LogP contribution >= 0.6 is 11.6 Å². The predicted molar refractivity (Wildman–Crippen MR) is 148 cm³/mol. The fourth-order valence-electron chi connectivity index (χ4n) is 4.74. The largest absolute Gasteiger partial charge is 0.481 e. The third-order valence-corrected chi connectivity index (χ3v) is 7.04. The zero-order valence-electron chi connectivity index (χ0n) is 22.2. The van der Waals surface area contributed by atoms with E-state index in [0.29, 0.717) is 44.1 Å². The highest BCUT2D eigenvalue weighted by Gasteiger charge is 2.29. The number of amides is 2. The summed E-state index contributed by atoms with van der Waals surface area (Å²) in [6.45, 7) is -0.844. The van der Waals surface area contributed by atoms with Crippen molar-refractivity contribution in [2.45, 2.75) is 19.6 Å². The Balaban J connectivity index is 1.39.